The van der Waals surface area contributed by atoms with Gasteiger partial charge >= 0.3 is 5.97 Å². The quantitative estimate of drug-likeness (QED) is 0.525. The molecule has 0 spiro atoms. The van der Waals surface area contributed by atoms with Crippen molar-refractivity contribution in [3.05, 3.63) is 0 Å². The van der Waals surface area contributed by atoms with Crippen LogP contribution in [-0.4, -0.2) is 24.8 Å². The third kappa shape index (κ3) is 6.95. The maximum atomic E-state index is 12.3. The molecular weight excluding hydrogens is 240 g/mol. The first-order chi connectivity index (χ1) is 9.02. The summed E-state index contributed by atoms with van der Waals surface area (Å²) in [6, 6.07) is 0. The third-order valence-corrected chi connectivity index (χ3v) is 3.39. The van der Waals surface area contributed by atoms with Crippen LogP contribution in [-0.2, 0) is 14.3 Å². The lowest BCUT2D eigenvalue weighted by Gasteiger charge is -2.31. The van der Waals surface area contributed by atoms with Crippen molar-refractivity contribution in [1.29, 1.82) is 0 Å². The maximum Gasteiger partial charge on any atom is 0.338 e. The van der Waals surface area contributed by atoms with E-state index in [9.17, 15) is 4.79 Å². The summed E-state index contributed by atoms with van der Waals surface area (Å²) in [6.45, 7) is 11.6. The number of hydrogen-bond donors (Lipinski definition) is 0. The Bertz CT molecular complexity index is 238. The molecule has 0 N–H and O–H groups in total. The van der Waals surface area contributed by atoms with Crippen LogP contribution in [0.4, 0.5) is 0 Å². The van der Waals surface area contributed by atoms with Crippen molar-refractivity contribution >= 4 is 5.97 Å². The van der Waals surface area contributed by atoms with Crippen LogP contribution >= 0.6 is 0 Å². The summed E-state index contributed by atoms with van der Waals surface area (Å²) in [5.41, 5.74) is -0.722. The molecule has 3 heteroatoms. The van der Waals surface area contributed by atoms with E-state index in [1.165, 1.54) is 0 Å². The molecule has 0 bridgehead atoms. The molecule has 1 atom stereocenters. The Morgan fingerprint density at radius 3 is 2.26 bits per heavy atom. The molecule has 0 aliphatic carbocycles. The molecule has 0 aliphatic heterocycles. The van der Waals surface area contributed by atoms with Crippen molar-refractivity contribution in [2.45, 2.75) is 78.7 Å². The van der Waals surface area contributed by atoms with Gasteiger partial charge in [-0.2, -0.15) is 0 Å². The normalized spacial score (nSPS) is 14.4. The summed E-state index contributed by atoms with van der Waals surface area (Å²) in [7, 11) is 0. The fourth-order valence-electron chi connectivity index (χ4n) is 1.93. The van der Waals surface area contributed by atoms with Crippen molar-refractivity contribution in [3.8, 4) is 0 Å². The molecule has 0 rings (SSSR count). The van der Waals surface area contributed by atoms with Crippen molar-refractivity contribution in [1.82, 2.24) is 0 Å². The number of esters is 1. The van der Waals surface area contributed by atoms with Crippen LogP contribution in [0.1, 0.15) is 73.1 Å². The molecule has 0 aromatic heterocycles. The lowest BCUT2D eigenvalue weighted by Crippen LogP contribution is -2.43. The Morgan fingerprint density at radius 1 is 1.11 bits per heavy atom. The average molecular weight is 272 g/mol. The second kappa shape index (κ2) is 10.2. The van der Waals surface area contributed by atoms with Crippen molar-refractivity contribution < 1.29 is 14.3 Å². The Kier molecular flexibility index (Phi) is 9.94. The van der Waals surface area contributed by atoms with E-state index in [0.717, 1.165) is 32.1 Å². The van der Waals surface area contributed by atoms with Gasteiger partial charge in [-0.15, -0.1) is 0 Å². The van der Waals surface area contributed by atoms with Gasteiger partial charge in [0.1, 0.15) is 0 Å². The Morgan fingerprint density at radius 2 is 1.79 bits per heavy atom. The first-order valence-electron chi connectivity index (χ1n) is 7.83. The summed E-state index contributed by atoms with van der Waals surface area (Å²) >= 11 is 0. The SMILES string of the molecule is CCCCC(CC)(OCCC(C)C)C(=O)OCCC. The summed E-state index contributed by atoms with van der Waals surface area (Å²) in [5.74, 6) is 0.418. The number of hydrogen-bond acceptors (Lipinski definition) is 3. The van der Waals surface area contributed by atoms with Gasteiger partial charge in [0.15, 0.2) is 5.60 Å². The highest BCUT2D eigenvalue weighted by Gasteiger charge is 2.38. The molecular formula is C16H32O3. The van der Waals surface area contributed by atoms with E-state index in [-0.39, 0.29) is 5.97 Å². The Balaban J connectivity index is 4.60. The van der Waals surface area contributed by atoms with Crippen LogP contribution in [0.5, 0.6) is 0 Å². The minimum Gasteiger partial charge on any atom is -0.464 e. The lowest BCUT2D eigenvalue weighted by atomic mass is 9.93. The molecule has 0 radical (unpaired) electrons. The molecule has 1 unspecified atom stereocenters. The zero-order chi connectivity index (χ0) is 14.7. The van der Waals surface area contributed by atoms with Gasteiger partial charge in [-0.3, -0.25) is 0 Å². The van der Waals surface area contributed by atoms with E-state index >= 15 is 0 Å². The van der Waals surface area contributed by atoms with Gasteiger partial charge in [0.05, 0.1) is 6.61 Å². The van der Waals surface area contributed by atoms with Crippen molar-refractivity contribution in [3.63, 3.8) is 0 Å². The molecule has 0 fully saturated rings. The molecule has 0 aliphatic rings. The van der Waals surface area contributed by atoms with Gasteiger partial charge < -0.3 is 9.47 Å². The number of unbranched alkanes of at least 4 members (excludes halogenated alkanes) is 1. The molecule has 3 nitrogen and oxygen atoms in total. The third-order valence-electron chi connectivity index (χ3n) is 3.39. The Hall–Kier alpha value is -0.570. The monoisotopic (exact) mass is 272 g/mol. The van der Waals surface area contributed by atoms with Crippen LogP contribution in [0.3, 0.4) is 0 Å². The summed E-state index contributed by atoms with van der Waals surface area (Å²) in [6.07, 6.45) is 5.35. The van der Waals surface area contributed by atoms with Crippen LogP contribution < -0.4 is 0 Å². The van der Waals surface area contributed by atoms with Crippen LogP contribution in [0.25, 0.3) is 0 Å². The molecule has 0 saturated carbocycles. The highest BCUT2D eigenvalue weighted by atomic mass is 16.6. The van der Waals surface area contributed by atoms with E-state index in [4.69, 9.17) is 9.47 Å². The zero-order valence-electron chi connectivity index (χ0n) is 13.5. The molecule has 0 amide bonds. The van der Waals surface area contributed by atoms with E-state index in [1.54, 1.807) is 0 Å². The zero-order valence-corrected chi connectivity index (χ0v) is 13.5. The molecule has 114 valence electrons. The van der Waals surface area contributed by atoms with Gasteiger partial charge in [0, 0.05) is 6.61 Å². The number of carbonyl (C=O) groups is 1. The van der Waals surface area contributed by atoms with Gasteiger partial charge in [0.2, 0.25) is 0 Å². The lowest BCUT2D eigenvalue weighted by molar-refractivity contribution is -0.175. The largest absolute Gasteiger partial charge is 0.464 e. The number of carbonyl (C=O) groups excluding carboxylic acids is 1. The fraction of sp³-hybridized carbons (Fsp3) is 0.938. The van der Waals surface area contributed by atoms with Gasteiger partial charge in [-0.05, 0) is 31.6 Å². The molecule has 0 aromatic rings. The summed E-state index contributed by atoms with van der Waals surface area (Å²) in [5, 5.41) is 0. The number of ether oxygens (including phenoxy) is 2. The fourth-order valence-corrected chi connectivity index (χ4v) is 1.93. The first-order valence-corrected chi connectivity index (χ1v) is 7.83. The van der Waals surface area contributed by atoms with Crippen LogP contribution in [0.15, 0.2) is 0 Å². The highest BCUT2D eigenvalue weighted by Crippen LogP contribution is 2.26. The van der Waals surface area contributed by atoms with Crippen molar-refractivity contribution in [2.75, 3.05) is 13.2 Å². The Labute approximate surface area is 119 Å². The summed E-state index contributed by atoms with van der Waals surface area (Å²) < 4.78 is 11.3. The van der Waals surface area contributed by atoms with E-state index in [2.05, 4.69) is 20.8 Å². The highest BCUT2D eigenvalue weighted by molar-refractivity contribution is 5.79. The number of rotatable bonds is 11. The van der Waals surface area contributed by atoms with E-state index in [1.807, 2.05) is 13.8 Å². The first kappa shape index (κ1) is 18.4. The molecule has 0 heterocycles. The maximum absolute atomic E-state index is 12.3. The van der Waals surface area contributed by atoms with Gasteiger partial charge in [0.25, 0.3) is 0 Å². The van der Waals surface area contributed by atoms with Gasteiger partial charge in [-0.25, -0.2) is 4.79 Å². The second-order valence-corrected chi connectivity index (χ2v) is 5.62. The predicted molar refractivity (Wildman–Crippen MR) is 79.2 cm³/mol. The summed E-state index contributed by atoms with van der Waals surface area (Å²) in [4.78, 5) is 12.3. The second-order valence-electron chi connectivity index (χ2n) is 5.62. The van der Waals surface area contributed by atoms with Gasteiger partial charge in [-0.1, -0.05) is 47.5 Å². The van der Waals surface area contributed by atoms with E-state index in [0.29, 0.717) is 25.6 Å². The molecule has 0 saturated heterocycles. The van der Waals surface area contributed by atoms with Crippen molar-refractivity contribution in [2.24, 2.45) is 5.92 Å². The molecule has 0 aromatic carbocycles. The predicted octanol–water partition coefficient (Wildman–Crippen LogP) is 4.34. The standard InChI is InChI=1S/C16H32O3/c1-6-9-11-16(8-3,15(17)18-12-7-2)19-13-10-14(4)5/h14H,6-13H2,1-5H3. The average Bonchev–Trinajstić information content (AvgIpc) is 2.39. The van der Waals surface area contributed by atoms with E-state index < -0.39 is 5.60 Å². The minimum atomic E-state index is -0.722. The molecule has 19 heavy (non-hydrogen) atoms. The smallest absolute Gasteiger partial charge is 0.338 e. The minimum absolute atomic E-state index is 0.172. The topological polar surface area (TPSA) is 35.5 Å². The van der Waals surface area contributed by atoms with Crippen LogP contribution in [0, 0.1) is 5.92 Å². The van der Waals surface area contributed by atoms with Crippen LogP contribution in [0.2, 0.25) is 0 Å².